The molecular formula is C20H13N3O8. The summed E-state index contributed by atoms with van der Waals surface area (Å²) in [6.45, 7) is 0. The van der Waals surface area contributed by atoms with E-state index in [1.807, 2.05) is 0 Å². The van der Waals surface area contributed by atoms with Crippen LogP contribution >= 0.6 is 0 Å². The lowest BCUT2D eigenvalue weighted by Crippen LogP contribution is -2.15. The Kier molecular flexibility index (Phi) is 5.59. The van der Waals surface area contributed by atoms with Gasteiger partial charge in [0.2, 0.25) is 0 Å². The molecule has 0 aliphatic rings. The molecule has 0 unspecified atom stereocenters. The molecule has 3 aromatic carbocycles. The van der Waals surface area contributed by atoms with Crippen LogP contribution in [0.25, 0.3) is 0 Å². The number of nitrogens with zero attached hydrogens (tertiary/aromatic N) is 3. The van der Waals surface area contributed by atoms with Crippen LogP contribution in [0.4, 0.5) is 28.4 Å². The van der Waals surface area contributed by atoms with Crippen LogP contribution in [-0.2, 0) is 0 Å². The molecule has 0 aromatic heterocycles. The second kappa shape index (κ2) is 8.29. The molecule has 0 fully saturated rings. The van der Waals surface area contributed by atoms with Crippen LogP contribution < -0.4 is 4.90 Å². The Labute approximate surface area is 173 Å². The number of aromatic carboxylic acids is 2. The van der Waals surface area contributed by atoms with Crippen LogP contribution in [0.5, 0.6) is 0 Å². The summed E-state index contributed by atoms with van der Waals surface area (Å²) in [5.74, 6) is -2.62. The third kappa shape index (κ3) is 4.29. The summed E-state index contributed by atoms with van der Waals surface area (Å²) < 4.78 is 0. The second-order valence-corrected chi connectivity index (χ2v) is 6.22. The van der Waals surface area contributed by atoms with Gasteiger partial charge in [0.25, 0.3) is 11.4 Å². The van der Waals surface area contributed by atoms with Crippen LogP contribution in [0.2, 0.25) is 0 Å². The minimum atomic E-state index is -1.33. The molecule has 0 heterocycles. The quantitative estimate of drug-likeness (QED) is 0.414. The van der Waals surface area contributed by atoms with Gasteiger partial charge in [-0.1, -0.05) is 0 Å². The van der Waals surface area contributed by atoms with Crippen molar-refractivity contribution in [3.63, 3.8) is 0 Å². The second-order valence-electron chi connectivity index (χ2n) is 6.22. The highest BCUT2D eigenvalue weighted by Crippen LogP contribution is 2.38. The number of hydrogen-bond acceptors (Lipinski definition) is 7. The summed E-state index contributed by atoms with van der Waals surface area (Å²) in [5.41, 5.74) is -0.296. The highest BCUT2D eigenvalue weighted by molar-refractivity contribution is 6.00. The summed E-state index contributed by atoms with van der Waals surface area (Å²) in [4.78, 5) is 45.3. The number of non-ortho nitro benzene ring substituents is 2. The molecule has 0 spiro atoms. The molecule has 0 bridgehead atoms. The summed E-state index contributed by atoms with van der Waals surface area (Å²) >= 11 is 0. The Balaban J connectivity index is 2.26. The fourth-order valence-corrected chi connectivity index (χ4v) is 2.90. The van der Waals surface area contributed by atoms with Crippen LogP contribution in [-0.4, -0.2) is 32.0 Å². The number of nitro groups is 2. The Bertz CT molecular complexity index is 1130. The van der Waals surface area contributed by atoms with Crippen LogP contribution in [0.3, 0.4) is 0 Å². The lowest BCUT2D eigenvalue weighted by molar-refractivity contribution is -0.385. The Hall–Kier alpha value is -4.80. The van der Waals surface area contributed by atoms with Gasteiger partial charge in [-0.25, -0.2) is 9.59 Å². The van der Waals surface area contributed by atoms with Gasteiger partial charge >= 0.3 is 11.9 Å². The first-order valence-corrected chi connectivity index (χ1v) is 8.58. The molecule has 2 N–H and O–H groups in total. The highest BCUT2D eigenvalue weighted by Gasteiger charge is 2.22. The van der Waals surface area contributed by atoms with Crippen molar-refractivity contribution in [1.82, 2.24) is 0 Å². The van der Waals surface area contributed by atoms with Crippen molar-refractivity contribution in [3.8, 4) is 0 Å². The zero-order chi connectivity index (χ0) is 22.7. The number of carbonyl (C=O) groups is 2. The molecular weight excluding hydrogens is 410 g/mol. The van der Waals surface area contributed by atoms with Crippen molar-refractivity contribution in [2.75, 3.05) is 4.90 Å². The maximum atomic E-state index is 11.8. The molecule has 0 saturated carbocycles. The van der Waals surface area contributed by atoms with Gasteiger partial charge in [-0.15, -0.1) is 0 Å². The molecule has 0 atom stereocenters. The van der Waals surface area contributed by atoms with Gasteiger partial charge in [0.05, 0.1) is 26.7 Å². The largest absolute Gasteiger partial charge is 0.478 e. The van der Waals surface area contributed by atoms with Crippen LogP contribution in [0.1, 0.15) is 20.7 Å². The van der Waals surface area contributed by atoms with Crippen LogP contribution in [0.15, 0.2) is 66.7 Å². The zero-order valence-corrected chi connectivity index (χ0v) is 15.5. The predicted molar refractivity (Wildman–Crippen MR) is 108 cm³/mol. The molecule has 0 radical (unpaired) electrons. The lowest BCUT2D eigenvalue weighted by atomic mass is 10.1. The van der Waals surface area contributed by atoms with Gasteiger partial charge in [0.1, 0.15) is 0 Å². The third-order valence-corrected chi connectivity index (χ3v) is 4.35. The molecule has 0 aliphatic carbocycles. The van der Waals surface area contributed by atoms with Gasteiger partial charge < -0.3 is 15.1 Å². The number of hydrogen-bond donors (Lipinski definition) is 2. The topological polar surface area (TPSA) is 164 Å². The Morgan fingerprint density at radius 3 is 1.52 bits per heavy atom. The van der Waals surface area contributed by atoms with E-state index in [9.17, 15) is 40.0 Å². The fraction of sp³-hybridized carbons (Fsp3) is 0. The number of benzene rings is 3. The van der Waals surface area contributed by atoms with Crippen molar-refractivity contribution in [3.05, 3.63) is 98.1 Å². The van der Waals surface area contributed by atoms with Crippen molar-refractivity contribution >= 4 is 40.4 Å². The van der Waals surface area contributed by atoms with E-state index >= 15 is 0 Å². The maximum absolute atomic E-state index is 11.8. The van der Waals surface area contributed by atoms with Crippen molar-refractivity contribution in [2.45, 2.75) is 0 Å². The SMILES string of the molecule is O=C(O)c1ccc(C(=O)O)c(N(c2ccc([N+](=O)[O-])cc2)c2ccc([N+](=O)[O-])cc2)c1. The van der Waals surface area contributed by atoms with Gasteiger partial charge in [0, 0.05) is 35.6 Å². The van der Waals surface area contributed by atoms with E-state index in [2.05, 4.69) is 0 Å². The third-order valence-electron chi connectivity index (χ3n) is 4.35. The molecule has 11 nitrogen and oxygen atoms in total. The highest BCUT2D eigenvalue weighted by atomic mass is 16.6. The van der Waals surface area contributed by atoms with E-state index in [1.54, 1.807) is 0 Å². The monoisotopic (exact) mass is 423 g/mol. The fourth-order valence-electron chi connectivity index (χ4n) is 2.90. The summed E-state index contributed by atoms with van der Waals surface area (Å²) in [6.07, 6.45) is 0. The maximum Gasteiger partial charge on any atom is 0.337 e. The summed E-state index contributed by atoms with van der Waals surface area (Å²) in [5, 5.41) is 40.9. The average molecular weight is 423 g/mol. The van der Waals surface area contributed by atoms with E-state index < -0.39 is 21.8 Å². The smallest absolute Gasteiger partial charge is 0.337 e. The first-order chi connectivity index (χ1) is 14.7. The molecule has 11 heteroatoms. The van der Waals surface area contributed by atoms with Gasteiger partial charge in [-0.05, 0) is 42.5 Å². The number of carboxylic acid groups (broad SMARTS) is 2. The average Bonchev–Trinajstić information content (AvgIpc) is 2.74. The van der Waals surface area contributed by atoms with Gasteiger partial charge in [0.15, 0.2) is 0 Å². The summed E-state index contributed by atoms with van der Waals surface area (Å²) in [6, 6.07) is 13.7. The molecule has 156 valence electrons. The van der Waals surface area contributed by atoms with Crippen LogP contribution in [0, 0.1) is 20.2 Å². The molecule has 3 aromatic rings. The molecule has 31 heavy (non-hydrogen) atoms. The first kappa shape index (κ1) is 20.9. The number of nitro benzene ring substituents is 2. The minimum absolute atomic E-state index is 0.0323. The van der Waals surface area contributed by atoms with E-state index in [0.29, 0.717) is 0 Å². The first-order valence-electron chi connectivity index (χ1n) is 8.58. The molecule has 3 rings (SSSR count). The van der Waals surface area contributed by atoms with E-state index in [-0.39, 0.29) is 39.6 Å². The van der Waals surface area contributed by atoms with E-state index in [4.69, 9.17) is 0 Å². The summed E-state index contributed by atoms with van der Waals surface area (Å²) in [7, 11) is 0. The van der Waals surface area contributed by atoms with Crippen molar-refractivity contribution in [2.24, 2.45) is 0 Å². The number of carboxylic acids is 2. The van der Waals surface area contributed by atoms with Crippen molar-refractivity contribution < 1.29 is 29.6 Å². The number of rotatable bonds is 7. The normalized spacial score (nSPS) is 10.3. The molecule has 0 aliphatic heterocycles. The molecule has 0 amide bonds. The predicted octanol–water partition coefficient (Wildman–Crippen LogP) is 4.37. The lowest BCUT2D eigenvalue weighted by Gasteiger charge is -2.27. The van der Waals surface area contributed by atoms with Crippen molar-refractivity contribution in [1.29, 1.82) is 0 Å². The Morgan fingerprint density at radius 2 is 1.16 bits per heavy atom. The van der Waals surface area contributed by atoms with Gasteiger partial charge in [-0.3, -0.25) is 20.2 Å². The number of anilines is 3. The zero-order valence-electron chi connectivity index (χ0n) is 15.5. The molecule has 0 saturated heterocycles. The minimum Gasteiger partial charge on any atom is -0.478 e. The standard InChI is InChI=1S/C20H13N3O8/c24-19(25)12-1-10-17(20(26)27)18(11-12)21(13-2-6-15(7-3-13)22(28)29)14-4-8-16(9-5-14)23(30)31/h1-11H,(H,24,25)(H,26,27). The Morgan fingerprint density at radius 1 is 0.710 bits per heavy atom. The van der Waals surface area contributed by atoms with E-state index in [0.717, 1.165) is 18.2 Å². The van der Waals surface area contributed by atoms with E-state index in [1.165, 1.54) is 53.4 Å². The van der Waals surface area contributed by atoms with Gasteiger partial charge in [-0.2, -0.15) is 0 Å².